The number of carboxylic acid groups (broad SMARTS) is 1. The maximum absolute atomic E-state index is 12.7. The number of aliphatic carboxylic acids is 1. The molecule has 0 aromatic heterocycles. The second kappa shape index (κ2) is 7.12. The zero-order chi connectivity index (χ0) is 25.1. The number of rotatable bonds is 1. The van der Waals surface area contributed by atoms with E-state index < -0.39 is 23.6 Å². The molecule has 0 aromatic rings. The van der Waals surface area contributed by atoms with Crippen molar-refractivity contribution in [2.45, 2.75) is 118 Å². The summed E-state index contributed by atoms with van der Waals surface area (Å²) in [5.41, 5.74) is 0.507. The van der Waals surface area contributed by atoms with Gasteiger partial charge in [0.25, 0.3) is 0 Å². The lowest BCUT2D eigenvalue weighted by Gasteiger charge is -2.71. The van der Waals surface area contributed by atoms with Crippen LogP contribution >= 0.6 is 0 Å². The van der Waals surface area contributed by atoms with Gasteiger partial charge in [0.15, 0.2) is 0 Å². The molecule has 0 spiro atoms. The molecule has 5 rings (SSSR count). The van der Waals surface area contributed by atoms with Gasteiger partial charge in [-0.05, 0) is 103 Å². The quantitative estimate of drug-likeness (QED) is 0.535. The van der Waals surface area contributed by atoms with Crippen molar-refractivity contribution in [1.29, 1.82) is 0 Å². The second-order valence-corrected chi connectivity index (χ2v) is 15.2. The van der Waals surface area contributed by atoms with E-state index in [0.29, 0.717) is 18.3 Å². The summed E-state index contributed by atoms with van der Waals surface area (Å²) in [5, 5.41) is 34.5. The van der Waals surface area contributed by atoms with Crippen molar-refractivity contribution < 1.29 is 20.1 Å². The highest BCUT2D eigenvalue weighted by Gasteiger charge is 2.69. The van der Waals surface area contributed by atoms with Crippen molar-refractivity contribution in [3.05, 3.63) is 11.6 Å². The SMILES string of the molecule is CC1(C)CC[C@]2(C(=O)[O-])CC[C@]3(C)C(=CC[C@H]4[C@@]5(C)C[C@@H](O)[C@H](O)C(C)(C)[C@@H]5CC[C@]43C)[C@@H]2C1. The van der Waals surface area contributed by atoms with Gasteiger partial charge in [0.1, 0.15) is 0 Å². The molecule has 0 saturated heterocycles. The highest BCUT2D eigenvalue weighted by molar-refractivity contribution is 5.74. The van der Waals surface area contributed by atoms with Gasteiger partial charge in [-0.3, -0.25) is 0 Å². The number of hydrogen-bond donors (Lipinski definition) is 2. The second-order valence-electron chi connectivity index (χ2n) is 15.2. The molecule has 9 atom stereocenters. The number of carbonyl (C=O) groups is 1. The molecule has 0 amide bonds. The minimum atomic E-state index is -0.829. The van der Waals surface area contributed by atoms with Gasteiger partial charge in [-0.1, -0.05) is 60.1 Å². The van der Waals surface area contributed by atoms with Gasteiger partial charge in [0.05, 0.1) is 12.2 Å². The van der Waals surface area contributed by atoms with Gasteiger partial charge in [0.2, 0.25) is 0 Å². The fourth-order valence-corrected chi connectivity index (χ4v) is 10.7. The number of aliphatic hydroxyl groups is 2. The van der Waals surface area contributed by atoms with Crippen molar-refractivity contribution in [2.24, 2.45) is 50.2 Å². The van der Waals surface area contributed by atoms with E-state index >= 15 is 0 Å². The predicted octanol–water partition coefficient (Wildman–Crippen LogP) is 4.87. The van der Waals surface area contributed by atoms with Gasteiger partial charge < -0.3 is 20.1 Å². The molecule has 34 heavy (non-hydrogen) atoms. The van der Waals surface area contributed by atoms with Crippen LogP contribution in [0.15, 0.2) is 11.6 Å². The Morgan fingerprint density at radius 1 is 0.912 bits per heavy atom. The third kappa shape index (κ3) is 2.88. The van der Waals surface area contributed by atoms with Crippen LogP contribution in [0.2, 0.25) is 0 Å². The van der Waals surface area contributed by atoms with E-state index in [4.69, 9.17) is 0 Å². The Bertz CT molecular complexity index is 919. The lowest BCUT2D eigenvalue weighted by molar-refractivity contribution is -0.327. The number of aliphatic hydroxyl groups excluding tert-OH is 2. The number of hydrogen-bond acceptors (Lipinski definition) is 4. The van der Waals surface area contributed by atoms with Crippen molar-refractivity contribution in [3.8, 4) is 0 Å². The summed E-state index contributed by atoms with van der Waals surface area (Å²) in [6, 6.07) is 0. The smallest absolute Gasteiger partial charge is 0.0852 e. The van der Waals surface area contributed by atoms with Crippen LogP contribution in [0, 0.1) is 50.2 Å². The van der Waals surface area contributed by atoms with Crippen molar-refractivity contribution >= 4 is 5.97 Å². The van der Waals surface area contributed by atoms with Crippen LogP contribution in [-0.4, -0.2) is 28.4 Å². The topological polar surface area (TPSA) is 80.6 Å². The molecule has 0 radical (unpaired) electrons. The van der Waals surface area contributed by atoms with E-state index in [0.717, 1.165) is 51.4 Å². The van der Waals surface area contributed by atoms with E-state index in [1.54, 1.807) is 0 Å². The molecule has 5 aliphatic rings. The zero-order valence-electron chi connectivity index (χ0n) is 22.5. The molecule has 0 heterocycles. The first kappa shape index (κ1) is 24.8. The number of carboxylic acids is 1. The predicted molar refractivity (Wildman–Crippen MR) is 131 cm³/mol. The third-order valence-electron chi connectivity index (χ3n) is 13.0. The van der Waals surface area contributed by atoms with E-state index in [2.05, 4.69) is 54.5 Å². The Balaban J connectivity index is 1.61. The highest BCUT2D eigenvalue weighted by Crippen LogP contribution is 2.75. The van der Waals surface area contributed by atoms with Crippen molar-refractivity contribution in [1.82, 2.24) is 0 Å². The molecule has 0 bridgehead atoms. The normalized spacial score (nSPS) is 53.4. The molecule has 4 heteroatoms. The average molecular weight is 472 g/mol. The number of allylic oxidation sites excluding steroid dienone is 2. The van der Waals surface area contributed by atoms with E-state index in [9.17, 15) is 20.1 Å². The molecule has 4 fully saturated rings. The number of fused-ring (bicyclic) bond motifs is 7. The van der Waals surface area contributed by atoms with Crippen LogP contribution < -0.4 is 5.11 Å². The first-order chi connectivity index (χ1) is 15.6. The molecular formula is C30H47O4-. The van der Waals surface area contributed by atoms with Gasteiger partial charge in [-0.15, -0.1) is 0 Å². The number of carbonyl (C=O) groups excluding carboxylic acids is 1. The van der Waals surface area contributed by atoms with Crippen LogP contribution in [-0.2, 0) is 4.79 Å². The molecule has 4 nitrogen and oxygen atoms in total. The van der Waals surface area contributed by atoms with Crippen molar-refractivity contribution in [2.75, 3.05) is 0 Å². The molecule has 4 saturated carbocycles. The van der Waals surface area contributed by atoms with Crippen LogP contribution in [0.25, 0.3) is 0 Å². The van der Waals surface area contributed by atoms with E-state index in [1.807, 2.05) is 0 Å². The first-order valence-electron chi connectivity index (χ1n) is 13.8. The lowest BCUT2D eigenvalue weighted by Crippen LogP contribution is -2.67. The zero-order valence-corrected chi connectivity index (χ0v) is 22.5. The maximum atomic E-state index is 12.7. The van der Waals surface area contributed by atoms with Crippen LogP contribution in [0.1, 0.15) is 106 Å². The molecule has 0 unspecified atom stereocenters. The summed E-state index contributed by atoms with van der Waals surface area (Å²) in [6.07, 6.45) is 9.11. The summed E-state index contributed by atoms with van der Waals surface area (Å²) in [5.74, 6) is 0.0269. The Morgan fingerprint density at radius 3 is 2.21 bits per heavy atom. The minimum absolute atomic E-state index is 0.0356. The Labute approximate surface area is 206 Å². The van der Waals surface area contributed by atoms with Gasteiger partial charge in [-0.2, -0.15) is 0 Å². The van der Waals surface area contributed by atoms with Gasteiger partial charge >= 0.3 is 0 Å². The third-order valence-corrected chi connectivity index (χ3v) is 13.0. The van der Waals surface area contributed by atoms with Crippen LogP contribution in [0.4, 0.5) is 0 Å². The van der Waals surface area contributed by atoms with Gasteiger partial charge in [-0.25, -0.2) is 0 Å². The summed E-state index contributed by atoms with van der Waals surface area (Å²) in [4.78, 5) is 12.7. The molecule has 5 aliphatic carbocycles. The monoisotopic (exact) mass is 471 g/mol. The summed E-state index contributed by atoms with van der Waals surface area (Å²) < 4.78 is 0. The minimum Gasteiger partial charge on any atom is -0.550 e. The van der Waals surface area contributed by atoms with E-state index in [-0.39, 0.29) is 33.0 Å². The lowest BCUT2D eigenvalue weighted by atomic mass is 9.33. The average Bonchev–Trinajstić information content (AvgIpc) is 2.72. The highest BCUT2D eigenvalue weighted by atomic mass is 16.4. The summed E-state index contributed by atoms with van der Waals surface area (Å²) in [7, 11) is 0. The van der Waals surface area contributed by atoms with Crippen LogP contribution in [0.5, 0.6) is 0 Å². The maximum Gasteiger partial charge on any atom is 0.0852 e. The molecule has 2 N–H and O–H groups in total. The molecule has 0 aliphatic heterocycles. The standard InChI is InChI=1S/C30H48O4/c1-25(2)12-14-30(24(33)34)15-13-28(6)18(19(30)16-25)8-9-22-27(5)17-20(31)23(32)26(3,4)21(27)10-11-29(22,28)7/h8,19-23,31-32H,9-17H2,1-7H3,(H,33,34)/p-1/t19-,20+,21-,22-,23-,27-,28+,29+,30-/m0/s1. The molecule has 192 valence electrons. The molecular weight excluding hydrogens is 424 g/mol. The summed E-state index contributed by atoms with van der Waals surface area (Å²) >= 11 is 0. The Kier molecular flexibility index (Phi) is 5.20. The first-order valence-corrected chi connectivity index (χ1v) is 13.8. The van der Waals surface area contributed by atoms with E-state index in [1.165, 1.54) is 5.57 Å². The summed E-state index contributed by atoms with van der Waals surface area (Å²) in [6.45, 7) is 16.2. The fourth-order valence-electron chi connectivity index (χ4n) is 10.7. The largest absolute Gasteiger partial charge is 0.550 e. The van der Waals surface area contributed by atoms with Gasteiger partial charge in [0, 0.05) is 11.4 Å². The van der Waals surface area contributed by atoms with Crippen molar-refractivity contribution in [3.63, 3.8) is 0 Å². The molecule has 0 aromatic carbocycles. The fraction of sp³-hybridized carbons (Fsp3) is 0.900. The Hall–Kier alpha value is -0.870. The Morgan fingerprint density at radius 2 is 1.56 bits per heavy atom. The van der Waals surface area contributed by atoms with Crippen LogP contribution in [0.3, 0.4) is 0 Å².